The number of nitrogens with one attached hydrogen (secondary N) is 1. The quantitative estimate of drug-likeness (QED) is 0.710. The first-order chi connectivity index (χ1) is 6.55. The average Bonchev–Trinajstić information content (AvgIpc) is 2.19. The van der Waals surface area contributed by atoms with Gasteiger partial charge < -0.3 is 10.4 Å². The summed E-state index contributed by atoms with van der Waals surface area (Å²) in [7, 11) is 0. The average molecular weight is 195 g/mol. The Labute approximate surface area is 82.2 Å². The van der Waals surface area contributed by atoms with Gasteiger partial charge in [-0.3, -0.25) is 9.78 Å². The molecule has 0 unspecified atom stereocenters. The van der Waals surface area contributed by atoms with Gasteiger partial charge >= 0.3 is 0 Å². The summed E-state index contributed by atoms with van der Waals surface area (Å²) in [6.07, 6.45) is 4.32. The van der Waals surface area contributed by atoms with Crippen molar-refractivity contribution >= 4 is 5.91 Å². The summed E-state index contributed by atoms with van der Waals surface area (Å²) in [6.45, 7) is 3.32. The molecule has 0 bridgehead atoms. The van der Waals surface area contributed by atoms with Crippen LogP contribution in [0.2, 0.25) is 0 Å². The largest absolute Gasteiger partial charge is 0.394 e. The number of aliphatic hydroxyl groups excluding tert-OH is 1. The minimum atomic E-state index is -0.644. The Morgan fingerprint density at radius 3 is 2.79 bits per heavy atom. The molecular weight excluding hydrogens is 182 g/mol. The van der Waals surface area contributed by atoms with Gasteiger partial charge in [0.15, 0.2) is 0 Å². The van der Waals surface area contributed by atoms with E-state index in [1.165, 1.54) is 18.6 Å². The van der Waals surface area contributed by atoms with Crippen LogP contribution in [0.15, 0.2) is 18.6 Å². The number of aliphatic hydroxyl groups is 1. The molecule has 0 atom stereocenters. The molecule has 0 aliphatic carbocycles. The van der Waals surface area contributed by atoms with Gasteiger partial charge in [-0.1, -0.05) is 0 Å². The van der Waals surface area contributed by atoms with Crippen LogP contribution in [0.5, 0.6) is 0 Å². The molecule has 5 nitrogen and oxygen atoms in total. The van der Waals surface area contributed by atoms with E-state index in [4.69, 9.17) is 5.11 Å². The molecule has 0 aliphatic rings. The van der Waals surface area contributed by atoms with Crippen molar-refractivity contribution in [2.75, 3.05) is 6.61 Å². The topological polar surface area (TPSA) is 75.1 Å². The Bertz CT molecular complexity index is 311. The van der Waals surface area contributed by atoms with Gasteiger partial charge in [0.25, 0.3) is 5.91 Å². The molecule has 1 rings (SSSR count). The summed E-state index contributed by atoms with van der Waals surface area (Å²) in [5.41, 5.74) is -0.400. The molecule has 1 heterocycles. The third kappa shape index (κ3) is 2.77. The van der Waals surface area contributed by atoms with E-state index in [-0.39, 0.29) is 18.2 Å². The number of hydrogen-bond acceptors (Lipinski definition) is 4. The Hall–Kier alpha value is -1.49. The van der Waals surface area contributed by atoms with Gasteiger partial charge in [0.1, 0.15) is 5.69 Å². The van der Waals surface area contributed by atoms with Crippen molar-refractivity contribution in [3.8, 4) is 0 Å². The fraction of sp³-hybridized carbons (Fsp3) is 0.444. The number of aromatic nitrogens is 2. The molecule has 0 aliphatic heterocycles. The van der Waals surface area contributed by atoms with Crippen LogP contribution < -0.4 is 5.32 Å². The zero-order valence-electron chi connectivity index (χ0n) is 8.19. The maximum Gasteiger partial charge on any atom is 0.271 e. The third-order valence-corrected chi connectivity index (χ3v) is 1.64. The molecule has 0 fully saturated rings. The minimum Gasteiger partial charge on any atom is -0.394 e. The number of carbonyl (C=O) groups is 1. The van der Waals surface area contributed by atoms with Crippen LogP contribution in [0.1, 0.15) is 24.3 Å². The van der Waals surface area contributed by atoms with Crippen molar-refractivity contribution in [3.63, 3.8) is 0 Å². The Balaban J connectivity index is 2.69. The highest BCUT2D eigenvalue weighted by molar-refractivity contribution is 5.92. The summed E-state index contributed by atoms with van der Waals surface area (Å²) < 4.78 is 0. The van der Waals surface area contributed by atoms with Crippen LogP contribution in [-0.2, 0) is 0 Å². The normalized spacial score (nSPS) is 11.1. The lowest BCUT2D eigenvalue weighted by Gasteiger charge is -2.22. The highest BCUT2D eigenvalue weighted by Crippen LogP contribution is 2.01. The first-order valence-corrected chi connectivity index (χ1v) is 4.24. The van der Waals surface area contributed by atoms with Crippen molar-refractivity contribution < 1.29 is 9.90 Å². The molecule has 1 aromatic rings. The number of hydrogen-bond donors (Lipinski definition) is 2. The van der Waals surface area contributed by atoms with Crippen LogP contribution in [0.25, 0.3) is 0 Å². The highest BCUT2D eigenvalue weighted by atomic mass is 16.3. The summed E-state index contributed by atoms with van der Waals surface area (Å²) in [4.78, 5) is 19.1. The second kappa shape index (κ2) is 4.15. The number of carbonyl (C=O) groups excluding carboxylic acids is 1. The smallest absolute Gasteiger partial charge is 0.271 e. The van der Waals surface area contributed by atoms with Crippen molar-refractivity contribution in [1.29, 1.82) is 0 Å². The lowest BCUT2D eigenvalue weighted by atomic mass is 10.1. The van der Waals surface area contributed by atoms with E-state index in [0.29, 0.717) is 0 Å². The molecular formula is C9H13N3O2. The zero-order chi connectivity index (χ0) is 10.6. The third-order valence-electron chi connectivity index (χ3n) is 1.64. The highest BCUT2D eigenvalue weighted by Gasteiger charge is 2.20. The molecule has 14 heavy (non-hydrogen) atoms. The van der Waals surface area contributed by atoms with Gasteiger partial charge in [-0.05, 0) is 13.8 Å². The number of rotatable bonds is 3. The molecule has 1 amide bonds. The van der Waals surface area contributed by atoms with Gasteiger partial charge in [0, 0.05) is 12.4 Å². The summed E-state index contributed by atoms with van der Waals surface area (Å²) in [6, 6.07) is 0. The zero-order valence-corrected chi connectivity index (χ0v) is 8.19. The monoisotopic (exact) mass is 195 g/mol. The van der Waals surface area contributed by atoms with E-state index in [9.17, 15) is 4.79 Å². The lowest BCUT2D eigenvalue weighted by Crippen LogP contribution is -2.46. The Kier molecular flexibility index (Phi) is 3.14. The fourth-order valence-corrected chi connectivity index (χ4v) is 0.827. The van der Waals surface area contributed by atoms with Gasteiger partial charge in [0.2, 0.25) is 0 Å². The molecule has 76 valence electrons. The van der Waals surface area contributed by atoms with Gasteiger partial charge in [-0.25, -0.2) is 4.98 Å². The molecule has 0 saturated carbocycles. The van der Waals surface area contributed by atoms with Crippen molar-refractivity contribution in [3.05, 3.63) is 24.3 Å². The predicted octanol–water partition coefficient (Wildman–Crippen LogP) is -0.0227. The van der Waals surface area contributed by atoms with Gasteiger partial charge in [-0.2, -0.15) is 0 Å². The molecule has 0 saturated heterocycles. The lowest BCUT2D eigenvalue weighted by molar-refractivity contribution is 0.0864. The van der Waals surface area contributed by atoms with Crippen LogP contribution in [0.4, 0.5) is 0 Å². The summed E-state index contributed by atoms with van der Waals surface area (Å²) in [5.74, 6) is -0.336. The van der Waals surface area contributed by atoms with Gasteiger partial charge in [-0.15, -0.1) is 0 Å². The second-order valence-electron chi connectivity index (χ2n) is 3.59. The van der Waals surface area contributed by atoms with Gasteiger partial charge in [0.05, 0.1) is 18.3 Å². The van der Waals surface area contributed by atoms with Crippen molar-refractivity contribution in [2.45, 2.75) is 19.4 Å². The molecule has 2 N–H and O–H groups in total. The molecule has 1 aromatic heterocycles. The maximum absolute atomic E-state index is 11.5. The Morgan fingerprint density at radius 2 is 2.29 bits per heavy atom. The molecule has 0 radical (unpaired) electrons. The standard InChI is InChI=1S/C9H13N3O2/c1-9(2,6-13)12-8(14)7-5-10-3-4-11-7/h3-5,13H,6H2,1-2H3,(H,12,14). The van der Waals surface area contributed by atoms with E-state index in [0.717, 1.165) is 0 Å². The van der Waals surface area contributed by atoms with E-state index >= 15 is 0 Å². The van der Waals surface area contributed by atoms with E-state index in [2.05, 4.69) is 15.3 Å². The second-order valence-corrected chi connectivity index (χ2v) is 3.59. The van der Waals surface area contributed by atoms with Crippen molar-refractivity contribution in [2.24, 2.45) is 0 Å². The molecule has 0 spiro atoms. The van der Waals surface area contributed by atoms with E-state index in [1.54, 1.807) is 13.8 Å². The summed E-state index contributed by atoms with van der Waals surface area (Å²) in [5, 5.41) is 11.6. The minimum absolute atomic E-state index is 0.126. The van der Waals surface area contributed by atoms with Crippen LogP contribution in [0, 0.1) is 0 Å². The number of amides is 1. The summed E-state index contributed by atoms with van der Waals surface area (Å²) >= 11 is 0. The predicted molar refractivity (Wildman–Crippen MR) is 50.7 cm³/mol. The SMILES string of the molecule is CC(C)(CO)NC(=O)c1cnccn1. The van der Waals surface area contributed by atoms with E-state index in [1.807, 2.05) is 0 Å². The fourth-order valence-electron chi connectivity index (χ4n) is 0.827. The van der Waals surface area contributed by atoms with Crippen LogP contribution in [0.3, 0.4) is 0 Å². The number of nitrogens with zero attached hydrogens (tertiary/aromatic N) is 2. The van der Waals surface area contributed by atoms with Crippen LogP contribution >= 0.6 is 0 Å². The van der Waals surface area contributed by atoms with Crippen LogP contribution in [-0.4, -0.2) is 33.1 Å². The first-order valence-electron chi connectivity index (χ1n) is 4.24. The van der Waals surface area contributed by atoms with E-state index < -0.39 is 5.54 Å². The Morgan fingerprint density at radius 1 is 1.57 bits per heavy atom. The van der Waals surface area contributed by atoms with Crippen molar-refractivity contribution in [1.82, 2.24) is 15.3 Å². The maximum atomic E-state index is 11.5. The first kappa shape index (κ1) is 10.6. The molecule has 5 heteroatoms. The molecule has 0 aromatic carbocycles.